The van der Waals surface area contributed by atoms with Crippen LogP contribution in [0.3, 0.4) is 0 Å². The highest BCUT2D eigenvalue weighted by molar-refractivity contribution is 6.22. The number of carbonyl (C=O) groups is 3. The summed E-state index contributed by atoms with van der Waals surface area (Å²) < 4.78 is 0. The fourth-order valence-corrected chi connectivity index (χ4v) is 5.24. The molecule has 3 aliphatic rings. The fourth-order valence-electron chi connectivity index (χ4n) is 5.24. The Labute approximate surface area is 196 Å². The van der Waals surface area contributed by atoms with E-state index in [-0.39, 0.29) is 28.9 Å². The molecule has 6 nitrogen and oxygen atoms in total. The van der Waals surface area contributed by atoms with Crippen molar-refractivity contribution < 1.29 is 14.4 Å². The SMILES string of the molecule is C=C1C[C@H](N2CCN(CCCC=C3C(=O)CC(C)(C)CC3=O)CC2)C(=O)N1c1ccccc1. The first-order chi connectivity index (χ1) is 15.7. The summed E-state index contributed by atoms with van der Waals surface area (Å²) in [6.07, 6.45) is 5.13. The number of Topliss-reactive ketones (excluding diaryl/α,β-unsaturated/α-hetero) is 2. The lowest BCUT2D eigenvalue weighted by molar-refractivity contribution is -0.127. The van der Waals surface area contributed by atoms with Crippen LogP contribution in [-0.4, -0.2) is 66.0 Å². The van der Waals surface area contributed by atoms with Crippen LogP contribution in [-0.2, 0) is 14.4 Å². The molecule has 0 spiro atoms. The second-order valence-electron chi connectivity index (χ2n) is 10.3. The van der Waals surface area contributed by atoms with E-state index in [0.29, 0.717) is 24.8 Å². The van der Waals surface area contributed by atoms with Gasteiger partial charge in [-0.15, -0.1) is 0 Å². The summed E-state index contributed by atoms with van der Waals surface area (Å²) in [5, 5.41) is 0. The maximum Gasteiger partial charge on any atom is 0.249 e. The summed E-state index contributed by atoms with van der Waals surface area (Å²) in [7, 11) is 0. The molecule has 1 aliphatic carbocycles. The van der Waals surface area contributed by atoms with Gasteiger partial charge < -0.3 is 4.90 Å². The Hall–Kier alpha value is -2.57. The van der Waals surface area contributed by atoms with Crippen molar-refractivity contribution in [3.8, 4) is 0 Å². The van der Waals surface area contributed by atoms with E-state index in [1.807, 2.05) is 50.3 Å². The molecular weight excluding hydrogens is 414 g/mol. The van der Waals surface area contributed by atoms with Crippen molar-refractivity contribution in [2.45, 2.75) is 52.0 Å². The Morgan fingerprint density at radius 2 is 1.64 bits per heavy atom. The first-order valence-corrected chi connectivity index (χ1v) is 12.0. The van der Waals surface area contributed by atoms with E-state index in [1.165, 1.54) is 0 Å². The molecule has 1 amide bonds. The van der Waals surface area contributed by atoms with E-state index < -0.39 is 0 Å². The first kappa shape index (κ1) is 23.6. The number of anilines is 1. The van der Waals surface area contributed by atoms with Gasteiger partial charge in [0, 0.05) is 56.8 Å². The minimum absolute atomic E-state index is 0.00257. The number of amides is 1. The average Bonchev–Trinajstić information content (AvgIpc) is 3.07. The summed E-state index contributed by atoms with van der Waals surface area (Å²) in [4.78, 5) is 44.2. The molecule has 0 aromatic heterocycles. The molecule has 0 N–H and O–H groups in total. The van der Waals surface area contributed by atoms with E-state index in [2.05, 4.69) is 16.4 Å². The molecule has 2 saturated heterocycles. The molecule has 4 rings (SSSR count). The highest BCUT2D eigenvalue weighted by atomic mass is 16.2. The third-order valence-electron chi connectivity index (χ3n) is 7.02. The van der Waals surface area contributed by atoms with Crippen LogP contribution in [0.1, 0.15) is 46.0 Å². The van der Waals surface area contributed by atoms with Crippen molar-refractivity contribution in [2.24, 2.45) is 5.41 Å². The molecule has 176 valence electrons. The van der Waals surface area contributed by atoms with E-state index in [1.54, 1.807) is 4.90 Å². The molecule has 0 radical (unpaired) electrons. The van der Waals surface area contributed by atoms with Gasteiger partial charge in [0.2, 0.25) is 5.91 Å². The Bertz CT molecular complexity index is 936. The Kier molecular flexibility index (Phi) is 6.96. The third kappa shape index (κ3) is 5.33. The van der Waals surface area contributed by atoms with Crippen molar-refractivity contribution in [1.82, 2.24) is 9.80 Å². The number of allylic oxidation sites excluding steroid dienone is 2. The number of ketones is 2. The number of benzene rings is 1. The highest BCUT2D eigenvalue weighted by Gasteiger charge is 2.40. The van der Waals surface area contributed by atoms with Gasteiger partial charge >= 0.3 is 0 Å². The molecule has 1 atom stereocenters. The van der Waals surface area contributed by atoms with E-state index in [4.69, 9.17) is 0 Å². The van der Waals surface area contributed by atoms with Crippen LogP contribution in [0.4, 0.5) is 5.69 Å². The maximum absolute atomic E-state index is 13.1. The zero-order valence-electron chi connectivity index (χ0n) is 19.9. The van der Waals surface area contributed by atoms with Crippen LogP contribution in [0.2, 0.25) is 0 Å². The van der Waals surface area contributed by atoms with Gasteiger partial charge in [0.25, 0.3) is 0 Å². The fraction of sp³-hybridized carbons (Fsp3) is 0.519. The second-order valence-corrected chi connectivity index (χ2v) is 10.3. The average molecular weight is 450 g/mol. The van der Waals surface area contributed by atoms with E-state index in [9.17, 15) is 14.4 Å². The molecule has 1 aromatic carbocycles. The molecule has 2 heterocycles. The van der Waals surface area contributed by atoms with Gasteiger partial charge in [0.15, 0.2) is 11.6 Å². The van der Waals surface area contributed by atoms with Crippen molar-refractivity contribution in [3.63, 3.8) is 0 Å². The Morgan fingerprint density at radius 1 is 1.00 bits per heavy atom. The van der Waals surface area contributed by atoms with Crippen LogP contribution in [0.25, 0.3) is 0 Å². The Balaban J connectivity index is 1.23. The van der Waals surface area contributed by atoms with Crippen molar-refractivity contribution in [2.75, 3.05) is 37.6 Å². The van der Waals surface area contributed by atoms with Crippen molar-refractivity contribution in [1.29, 1.82) is 0 Å². The molecule has 6 heteroatoms. The molecule has 0 unspecified atom stereocenters. The molecule has 3 fully saturated rings. The van der Waals surface area contributed by atoms with Crippen LogP contribution in [0.15, 0.2) is 54.3 Å². The molecule has 1 saturated carbocycles. The predicted octanol–water partition coefficient (Wildman–Crippen LogP) is 3.59. The van der Waals surface area contributed by atoms with Gasteiger partial charge in [0.1, 0.15) is 0 Å². The van der Waals surface area contributed by atoms with Gasteiger partial charge in [0.05, 0.1) is 11.6 Å². The summed E-state index contributed by atoms with van der Waals surface area (Å²) in [5.74, 6) is 0.116. The number of hydrogen-bond acceptors (Lipinski definition) is 5. The number of para-hydroxylation sites is 1. The monoisotopic (exact) mass is 449 g/mol. The predicted molar refractivity (Wildman–Crippen MR) is 130 cm³/mol. The van der Waals surface area contributed by atoms with Crippen LogP contribution in [0, 0.1) is 5.41 Å². The molecule has 33 heavy (non-hydrogen) atoms. The lowest BCUT2D eigenvalue weighted by Gasteiger charge is -2.37. The van der Waals surface area contributed by atoms with E-state index in [0.717, 1.165) is 56.9 Å². The summed E-state index contributed by atoms with van der Waals surface area (Å²) in [5.41, 5.74) is 1.96. The Morgan fingerprint density at radius 3 is 2.27 bits per heavy atom. The van der Waals surface area contributed by atoms with Gasteiger partial charge in [-0.05, 0) is 36.9 Å². The number of rotatable bonds is 6. The van der Waals surface area contributed by atoms with Gasteiger partial charge in [-0.25, -0.2) is 0 Å². The molecule has 2 aliphatic heterocycles. The number of carbonyl (C=O) groups excluding carboxylic acids is 3. The number of piperazine rings is 1. The molecule has 0 bridgehead atoms. The van der Waals surface area contributed by atoms with Gasteiger partial charge in [-0.2, -0.15) is 0 Å². The summed E-state index contributed by atoms with van der Waals surface area (Å²) in [6, 6.07) is 9.61. The lowest BCUT2D eigenvalue weighted by atomic mass is 9.74. The van der Waals surface area contributed by atoms with Crippen LogP contribution in [0.5, 0.6) is 0 Å². The van der Waals surface area contributed by atoms with Crippen molar-refractivity contribution in [3.05, 3.63) is 54.3 Å². The zero-order valence-corrected chi connectivity index (χ0v) is 19.9. The number of hydrogen-bond donors (Lipinski definition) is 0. The zero-order chi connectivity index (χ0) is 23.6. The van der Waals surface area contributed by atoms with Crippen LogP contribution >= 0.6 is 0 Å². The number of nitrogens with zero attached hydrogens (tertiary/aromatic N) is 3. The van der Waals surface area contributed by atoms with Crippen LogP contribution < -0.4 is 4.90 Å². The normalized spacial score (nSPS) is 24.6. The van der Waals surface area contributed by atoms with Crippen molar-refractivity contribution >= 4 is 23.2 Å². The maximum atomic E-state index is 13.1. The second kappa shape index (κ2) is 9.74. The molecular formula is C27H35N3O3. The van der Waals surface area contributed by atoms with Gasteiger partial charge in [-0.3, -0.25) is 24.2 Å². The standard InChI is InChI=1S/C27H35N3O3/c1-20-17-23(26(33)30(20)21-9-5-4-6-10-21)29-15-13-28(14-16-29)12-8-7-11-22-24(31)18-27(2,3)19-25(22)32/h4-6,9-11,23H,1,7-8,12-19H2,2-3H3/t23-/m0/s1. The summed E-state index contributed by atoms with van der Waals surface area (Å²) >= 11 is 0. The largest absolute Gasteiger partial charge is 0.301 e. The first-order valence-electron chi connectivity index (χ1n) is 12.0. The highest BCUT2D eigenvalue weighted by Crippen LogP contribution is 2.34. The van der Waals surface area contributed by atoms with E-state index >= 15 is 0 Å². The third-order valence-corrected chi connectivity index (χ3v) is 7.02. The number of unbranched alkanes of at least 4 members (excludes halogenated alkanes) is 1. The minimum Gasteiger partial charge on any atom is -0.301 e. The van der Waals surface area contributed by atoms with Gasteiger partial charge in [-0.1, -0.05) is 44.7 Å². The topological polar surface area (TPSA) is 60.9 Å². The lowest BCUT2D eigenvalue weighted by Crippen LogP contribution is -2.52. The molecule has 1 aromatic rings. The smallest absolute Gasteiger partial charge is 0.249 e. The summed E-state index contributed by atoms with van der Waals surface area (Å²) in [6.45, 7) is 12.6. The minimum atomic E-state index is -0.212. The quantitative estimate of drug-likeness (QED) is 0.377.